The van der Waals surface area contributed by atoms with E-state index >= 15 is 0 Å². The Hall–Kier alpha value is -1.51. The number of nitrogens with one attached hydrogen (secondary N) is 1. The lowest BCUT2D eigenvalue weighted by atomic mass is 10.00. The van der Waals surface area contributed by atoms with Gasteiger partial charge < -0.3 is 10.2 Å². The predicted molar refractivity (Wildman–Crippen MR) is 88.7 cm³/mol. The Morgan fingerprint density at radius 3 is 2.57 bits per heavy atom. The van der Waals surface area contributed by atoms with Crippen LogP contribution >= 0.6 is 0 Å². The van der Waals surface area contributed by atoms with Crippen molar-refractivity contribution >= 4 is 11.6 Å². The van der Waals surface area contributed by atoms with Crippen molar-refractivity contribution in [1.29, 1.82) is 0 Å². The molecule has 3 nitrogen and oxygen atoms in total. The Bertz CT molecular complexity index is 487. The number of hydrogen-bond acceptors (Lipinski definition) is 2. The number of amides is 1. The van der Waals surface area contributed by atoms with Crippen LogP contribution in [-0.2, 0) is 4.79 Å². The van der Waals surface area contributed by atoms with Crippen LogP contribution in [0.15, 0.2) is 12.1 Å². The zero-order valence-corrected chi connectivity index (χ0v) is 13.8. The van der Waals surface area contributed by atoms with E-state index in [1.165, 1.54) is 28.8 Å². The summed E-state index contributed by atoms with van der Waals surface area (Å²) in [5, 5.41) is 3.44. The molecule has 0 aliphatic carbocycles. The molecule has 2 rings (SSSR count). The quantitative estimate of drug-likeness (QED) is 0.916. The van der Waals surface area contributed by atoms with Crippen LogP contribution in [0, 0.1) is 26.7 Å². The number of benzene rings is 1. The highest BCUT2D eigenvalue weighted by Crippen LogP contribution is 2.22. The highest BCUT2D eigenvalue weighted by molar-refractivity contribution is 5.77. The molecule has 1 saturated heterocycles. The van der Waals surface area contributed by atoms with E-state index in [4.69, 9.17) is 0 Å². The third-order valence-electron chi connectivity index (χ3n) is 4.33. The SMILES string of the molecule is Cc1cc(C)c(NCCC(=O)N2CCCC(C)C2)c(C)c1. The summed E-state index contributed by atoms with van der Waals surface area (Å²) < 4.78 is 0. The van der Waals surface area contributed by atoms with E-state index in [2.05, 4.69) is 45.1 Å². The molecular weight excluding hydrogens is 260 g/mol. The standard InChI is InChI=1S/C18H28N2O/c1-13-6-5-9-20(12-13)17(21)7-8-19-18-15(3)10-14(2)11-16(18)4/h10-11,13,19H,5-9,12H2,1-4H3. The summed E-state index contributed by atoms with van der Waals surface area (Å²) in [6.07, 6.45) is 2.99. The number of likely N-dealkylation sites (tertiary alicyclic amines) is 1. The highest BCUT2D eigenvalue weighted by Gasteiger charge is 2.20. The molecule has 1 N–H and O–H groups in total. The Balaban J connectivity index is 1.85. The molecule has 116 valence electrons. The molecule has 0 spiro atoms. The first kappa shape index (κ1) is 15.9. The number of carbonyl (C=O) groups is 1. The van der Waals surface area contributed by atoms with E-state index in [1.54, 1.807) is 0 Å². The minimum Gasteiger partial charge on any atom is -0.384 e. The van der Waals surface area contributed by atoms with Gasteiger partial charge in [-0.1, -0.05) is 24.6 Å². The van der Waals surface area contributed by atoms with Gasteiger partial charge in [-0.15, -0.1) is 0 Å². The molecule has 1 unspecified atom stereocenters. The van der Waals surface area contributed by atoms with Crippen LogP contribution in [0.1, 0.15) is 42.9 Å². The van der Waals surface area contributed by atoms with Gasteiger partial charge >= 0.3 is 0 Å². The summed E-state index contributed by atoms with van der Waals surface area (Å²) >= 11 is 0. The van der Waals surface area contributed by atoms with E-state index in [1.807, 2.05) is 4.90 Å². The first-order chi connectivity index (χ1) is 9.97. The Labute approximate surface area is 128 Å². The Morgan fingerprint density at radius 1 is 1.29 bits per heavy atom. The molecule has 0 aromatic heterocycles. The van der Waals surface area contributed by atoms with Gasteiger partial charge in [0.25, 0.3) is 0 Å². The molecule has 0 radical (unpaired) electrons. The van der Waals surface area contributed by atoms with Gasteiger partial charge in [0, 0.05) is 31.7 Å². The fourth-order valence-corrected chi connectivity index (χ4v) is 3.33. The minimum absolute atomic E-state index is 0.288. The van der Waals surface area contributed by atoms with Crippen LogP contribution in [0.25, 0.3) is 0 Å². The van der Waals surface area contributed by atoms with Crippen molar-refractivity contribution in [2.75, 3.05) is 25.0 Å². The number of rotatable bonds is 4. The molecular formula is C18H28N2O. The lowest BCUT2D eigenvalue weighted by Gasteiger charge is -2.31. The summed E-state index contributed by atoms with van der Waals surface area (Å²) in [5.74, 6) is 0.939. The second-order valence-electron chi connectivity index (χ2n) is 6.54. The third kappa shape index (κ3) is 4.23. The molecule has 1 aromatic rings. The van der Waals surface area contributed by atoms with Gasteiger partial charge in [-0.3, -0.25) is 4.79 Å². The van der Waals surface area contributed by atoms with Gasteiger partial charge in [0.2, 0.25) is 5.91 Å². The van der Waals surface area contributed by atoms with Gasteiger partial charge in [0.05, 0.1) is 0 Å². The van der Waals surface area contributed by atoms with E-state index in [-0.39, 0.29) is 5.91 Å². The van der Waals surface area contributed by atoms with Gasteiger partial charge in [-0.05, 0) is 50.7 Å². The maximum atomic E-state index is 12.2. The summed E-state index contributed by atoms with van der Waals surface area (Å²) in [4.78, 5) is 14.3. The zero-order chi connectivity index (χ0) is 15.4. The van der Waals surface area contributed by atoms with Crippen LogP contribution in [0.4, 0.5) is 5.69 Å². The molecule has 1 amide bonds. The van der Waals surface area contributed by atoms with Crippen molar-refractivity contribution in [3.8, 4) is 0 Å². The lowest BCUT2D eigenvalue weighted by molar-refractivity contribution is -0.132. The smallest absolute Gasteiger partial charge is 0.224 e. The summed E-state index contributed by atoms with van der Waals surface area (Å²) in [6, 6.07) is 4.37. The number of anilines is 1. The van der Waals surface area contributed by atoms with E-state index in [9.17, 15) is 4.79 Å². The second kappa shape index (κ2) is 6.97. The van der Waals surface area contributed by atoms with E-state index in [0.717, 1.165) is 19.5 Å². The first-order valence-corrected chi connectivity index (χ1v) is 8.07. The average molecular weight is 288 g/mol. The molecule has 1 heterocycles. The topological polar surface area (TPSA) is 32.3 Å². The number of aryl methyl sites for hydroxylation is 3. The molecule has 1 aliphatic rings. The summed E-state index contributed by atoms with van der Waals surface area (Å²) in [6.45, 7) is 11.2. The number of nitrogens with zero attached hydrogens (tertiary/aromatic N) is 1. The van der Waals surface area contributed by atoms with Crippen LogP contribution in [0.5, 0.6) is 0 Å². The lowest BCUT2D eigenvalue weighted by Crippen LogP contribution is -2.39. The molecule has 0 saturated carbocycles. The minimum atomic E-state index is 0.288. The predicted octanol–water partition coefficient (Wildman–Crippen LogP) is 3.67. The largest absolute Gasteiger partial charge is 0.384 e. The molecule has 1 aromatic carbocycles. The zero-order valence-electron chi connectivity index (χ0n) is 13.8. The molecule has 3 heteroatoms. The van der Waals surface area contributed by atoms with Crippen molar-refractivity contribution in [1.82, 2.24) is 4.90 Å². The molecule has 1 aliphatic heterocycles. The van der Waals surface area contributed by atoms with Crippen LogP contribution in [0.3, 0.4) is 0 Å². The number of piperidine rings is 1. The highest BCUT2D eigenvalue weighted by atomic mass is 16.2. The average Bonchev–Trinajstić information content (AvgIpc) is 2.41. The third-order valence-corrected chi connectivity index (χ3v) is 4.33. The summed E-state index contributed by atoms with van der Waals surface area (Å²) in [5.41, 5.74) is 4.98. The van der Waals surface area contributed by atoms with Gasteiger partial charge in [0.15, 0.2) is 0 Å². The molecule has 1 atom stereocenters. The fourth-order valence-electron chi connectivity index (χ4n) is 3.33. The van der Waals surface area contributed by atoms with E-state index < -0.39 is 0 Å². The summed E-state index contributed by atoms with van der Waals surface area (Å²) in [7, 11) is 0. The first-order valence-electron chi connectivity index (χ1n) is 8.07. The molecule has 21 heavy (non-hydrogen) atoms. The number of hydrogen-bond donors (Lipinski definition) is 1. The molecule has 0 bridgehead atoms. The van der Waals surface area contributed by atoms with Crippen LogP contribution in [-0.4, -0.2) is 30.4 Å². The van der Waals surface area contributed by atoms with Crippen molar-refractivity contribution < 1.29 is 4.79 Å². The van der Waals surface area contributed by atoms with Crippen LogP contribution < -0.4 is 5.32 Å². The van der Waals surface area contributed by atoms with Crippen molar-refractivity contribution in [2.45, 2.75) is 47.0 Å². The van der Waals surface area contributed by atoms with E-state index in [0.29, 0.717) is 18.9 Å². The normalized spacial score (nSPS) is 18.7. The maximum absolute atomic E-state index is 12.2. The van der Waals surface area contributed by atoms with Crippen molar-refractivity contribution in [3.05, 3.63) is 28.8 Å². The second-order valence-corrected chi connectivity index (χ2v) is 6.54. The Kier molecular flexibility index (Phi) is 5.27. The number of carbonyl (C=O) groups excluding carboxylic acids is 1. The van der Waals surface area contributed by atoms with Gasteiger partial charge in [-0.2, -0.15) is 0 Å². The van der Waals surface area contributed by atoms with Crippen molar-refractivity contribution in [2.24, 2.45) is 5.92 Å². The van der Waals surface area contributed by atoms with Crippen LogP contribution in [0.2, 0.25) is 0 Å². The fraction of sp³-hybridized carbons (Fsp3) is 0.611. The maximum Gasteiger partial charge on any atom is 0.224 e. The Morgan fingerprint density at radius 2 is 1.95 bits per heavy atom. The monoisotopic (exact) mass is 288 g/mol. The van der Waals surface area contributed by atoms with Gasteiger partial charge in [-0.25, -0.2) is 0 Å². The van der Waals surface area contributed by atoms with Gasteiger partial charge in [0.1, 0.15) is 0 Å². The van der Waals surface area contributed by atoms with Crippen molar-refractivity contribution in [3.63, 3.8) is 0 Å². The molecule has 1 fully saturated rings.